The van der Waals surface area contributed by atoms with Gasteiger partial charge in [-0.3, -0.25) is 0 Å². The molecule has 0 aliphatic rings. The molecule has 9 heavy (non-hydrogen) atoms. The summed E-state index contributed by atoms with van der Waals surface area (Å²) in [6.07, 6.45) is 1.25. The van der Waals surface area contributed by atoms with Gasteiger partial charge in [-0.2, -0.15) is 5.26 Å². The number of rotatable bonds is 0. The minimum absolute atomic E-state index is 0.186. The van der Waals surface area contributed by atoms with Crippen LogP contribution >= 0.6 is 0 Å². The van der Waals surface area contributed by atoms with Gasteiger partial charge in [0.2, 0.25) is 0 Å². The van der Waals surface area contributed by atoms with Crippen molar-refractivity contribution in [1.29, 1.82) is 5.26 Å². The molecule has 0 amide bonds. The third-order valence-electron chi connectivity index (χ3n) is 0.810. The molecule has 0 spiro atoms. The van der Waals surface area contributed by atoms with Crippen molar-refractivity contribution < 1.29 is 4.39 Å². The second-order valence-corrected chi connectivity index (χ2v) is 1.38. The number of aromatic nitrogens is 1. The van der Waals surface area contributed by atoms with Crippen molar-refractivity contribution in [3.8, 4) is 6.07 Å². The summed E-state index contributed by atoms with van der Waals surface area (Å²) in [6, 6.07) is 5.06. The summed E-state index contributed by atoms with van der Waals surface area (Å²) in [4.78, 5) is 3.41. The maximum atomic E-state index is 12.3. The fraction of sp³-hybridized carbons (Fsp3) is 0. The average Bonchev–Trinajstić information content (AvgIpc) is 1.89. The molecule has 43 valence electrons. The monoisotopic (exact) mass is 121 g/mol. The number of halogens is 1. The van der Waals surface area contributed by atoms with Crippen LogP contribution in [-0.4, -0.2) is 4.98 Å². The van der Waals surface area contributed by atoms with Crippen molar-refractivity contribution in [2.75, 3.05) is 0 Å². The van der Waals surface area contributed by atoms with Crippen molar-refractivity contribution in [1.82, 2.24) is 4.98 Å². The normalized spacial score (nSPS) is 8.44. The molecule has 1 rings (SSSR count). The van der Waals surface area contributed by atoms with Crippen LogP contribution < -0.4 is 0 Å². The number of nitrogens with zero attached hydrogens (tertiary/aromatic N) is 2. The van der Waals surface area contributed by atoms with E-state index in [2.05, 4.69) is 11.1 Å². The van der Waals surface area contributed by atoms with Gasteiger partial charge in [0.1, 0.15) is 6.07 Å². The van der Waals surface area contributed by atoms with Crippen LogP contribution in [0.2, 0.25) is 0 Å². The fourth-order valence-electron chi connectivity index (χ4n) is 0.425. The highest BCUT2D eigenvalue weighted by Gasteiger charge is 1.97. The predicted molar refractivity (Wildman–Crippen MR) is 27.7 cm³/mol. The molecule has 0 fully saturated rings. The van der Waals surface area contributed by atoms with Crippen LogP contribution in [0.4, 0.5) is 4.39 Å². The zero-order valence-corrected chi connectivity index (χ0v) is 4.43. The van der Waals surface area contributed by atoms with Gasteiger partial charge in [0.05, 0.1) is 0 Å². The van der Waals surface area contributed by atoms with E-state index in [1.807, 2.05) is 0 Å². The summed E-state index contributed by atoms with van der Waals surface area (Å²) in [5.41, 5.74) is -0.186. The van der Waals surface area contributed by atoms with Crippen LogP contribution in [0, 0.1) is 23.2 Å². The Labute approximate surface area is 51.6 Å². The lowest BCUT2D eigenvalue weighted by Crippen LogP contribution is -1.85. The molecule has 0 N–H and O–H groups in total. The second kappa shape index (κ2) is 2.23. The Morgan fingerprint density at radius 3 is 3.00 bits per heavy atom. The molecule has 0 atom stereocenters. The fourth-order valence-corrected chi connectivity index (χ4v) is 0.425. The molecule has 1 aromatic heterocycles. The highest BCUT2D eigenvalue weighted by Crippen LogP contribution is 1.97. The molecule has 0 saturated heterocycles. The highest BCUT2D eigenvalue weighted by molar-refractivity contribution is 5.20. The molecule has 0 aliphatic carbocycles. The first-order valence-corrected chi connectivity index (χ1v) is 2.26. The average molecular weight is 121 g/mol. The Morgan fingerprint density at radius 1 is 1.78 bits per heavy atom. The molecule has 1 heterocycles. The lowest BCUT2D eigenvalue weighted by molar-refractivity contribution is 0.616. The Balaban J connectivity index is 3.20. The van der Waals surface area contributed by atoms with Crippen LogP contribution in [0.1, 0.15) is 5.69 Å². The van der Waals surface area contributed by atoms with Gasteiger partial charge in [0.15, 0.2) is 11.5 Å². The van der Waals surface area contributed by atoms with Gasteiger partial charge in [-0.25, -0.2) is 9.37 Å². The lowest BCUT2D eigenvalue weighted by atomic mass is 10.4. The van der Waals surface area contributed by atoms with Crippen molar-refractivity contribution in [2.24, 2.45) is 0 Å². The van der Waals surface area contributed by atoms with E-state index in [0.29, 0.717) is 0 Å². The predicted octanol–water partition coefficient (Wildman–Crippen LogP) is 0.893. The van der Waals surface area contributed by atoms with Gasteiger partial charge < -0.3 is 0 Å². The van der Waals surface area contributed by atoms with Crippen LogP contribution in [0.5, 0.6) is 0 Å². The molecule has 1 radical (unpaired) electrons. The van der Waals surface area contributed by atoms with Gasteiger partial charge in [-0.15, -0.1) is 0 Å². The molecule has 0 aliphatic heterocycles. The second-order valence-electron chi connectivity index (χ2n) is 1.38. The van der Waals surface area contributed by atoms with Crippen molar-refractivity contribution in [2.45, 2.75) is 0 Å². The summed E-state index contributed by atoms with van der Waals surface area (Å²) in [5.74, 6) is -0.625. The molecular formula is C6H2FN2. The minimum Gasteiger partial charge on any atom is -0.242 e. The summed E-state index contributed by atoms with van der Waals surface area (Å²) in [7, 11) is 0. The van der Waals surface area contributed by atoms with Crippen LogP contribution in [-0.2, 0) is 0 Å². The van der Waals surface area contributed by atoms with Gasteiger partial charge >= 0.3 is 0 Å². The SMILES string of the molecule is N#Cc1nc[c]cc1F. The Kier molecular flexibility index (Phi) is 1.41. The molecule has 0 bridgehead atoms. The number of hydrogen-bond acceptors (Lipinski definition) is 2. The third-order valence-corrected chi connectivity index (χ3v) is 0.810. The Morgan fingerprint density at radius 2 is 2.56 bits per heavy atom. The zero-order valence-electron chi connectivity index (χ0n) is 4.43. The quantitative estimate of drug-likeness (QED) is 0.511. The summed E-state index contributed by atoms with van der Waals surface area (Å²) in [5, 5.41) is 8.15. The molecule has 2 nitrogen and oxygen atoms in total. The summed E-state index contributed by atoms with van der Waals surface area (Å²) in [6.45, 7) is 0. The third kappa shape index (κ3) is 1.03. The van der Waals surface area contributed by atoms with E-state index in [0.717, 1.165) is 6.07 Å². The smallest absolute Gasteiger partial charge is 0.176 e. The van der Waals surface area contributed by atoms with Gasteiger partial charge in [0, 0.05) is 12.3 Å². The summed E-state index contributed by atoms with van der Waals surface area (Å²) >= 11 is 0. The van der Waals surface area contributed by atoms with Crippen LogP contribution in [0.25, 0.3) is 0 Å². The topological polar surface area (TPSA) is 36.7 Å². The molecule has 0 saturated carbocycles. The zero-order chi connectivity index (χ0) is 6.69. The number of hydrogen-bond donors (Lipinski definition) is 0. The van der Waals surface area contributed by atoms with Crippen LogP contribution in [0.3, 0.4) is 0 Å². The standard InChI is InChI=1S/C6H2FN2/c7-5-2-1-3-9-6(5)4-8/h2-3H. The maximum Gasteiger partial charge on any atom is 0.176 e. The molecule has 0 aromatic carbocycles. The first kappa shape index (κ1) is 5.70. The lowest BCUT2D eigenvalue weighted by Gasteiger charge is -1.85. The Hall–Kier alpha value is -1.43. The number of pyridine rings is 1. The van der Waals surface area contributed by atoms with E-state index in [1.165, 1.54) is 6.20 Å². The van der Waals surface area contributed by atoms with E-state index < -0.39 is 5.82 Å². The van der Waals surface area contributed by atoms with Crippen LogP contribution in [0.15, 0.2) is 12.3 Å². The van der Waals surface area contributed by atoms with E-state index in [1.54, 1.807) is 6.07 Å². The van der Waals surface area contributed by atoms with Crippen molar-refractivity contribution in [3.05, 3.63) is 29.8 Å². The van der Waals surface area contributed by atoms with Crippen molar-refractivity contribution in [3.63, 3.8) is 0 Å². The molecular weight excluding hydrogens is 119 g/mol. The number of nitriles is 1. The minimum atomic E-state index is -0.625. The van der Waals surface area contributed by atoms with E-state index >= 15 is 0 Å². The molecule has 0 unspecified atom stereocenters. The maximum absolute atomic E-state index is 12.3. The largest absolute Gasteiger partial charge is 0.242 e. The van der Waals surface area contributed by atoms with E-state index in [-0.39, 0.29) is 5.69 Å². The van der Waals surface area contributed by atoms with E-state index in [4.69, 9.17) is 5.26 Å². The van der Waals surface area contributed by atoms with E-state index in [9.17, 15) is 4.39 Å². The van der Waals surface area contributed by atoms with Crippen molar-refractivity contribution >= 4 is 0 Å². The van der Waals surface area contributed by atoms with Gasteiger partial charge in [-0.05, 0) is 6.07 Å². The molecule has 3 heteroatoms. The first-order valence-electron chi connectivity index (χ1n) is 2.26. The Bertz CT molecular complexity index is 251. The van der Waals surface area contributed by atoms with Gasteiger partial charge in [0.25, 0.3) is 0 Å². The highest BCUT2D eigenvalue weighted by atomic mass is 19.1. The van der Waals surface area contributed by atoms with Gasteiger partial charge in [-0.1, -0.05) is 0 Å². The molecule has 1 aromatic rings. The first-order chi connectivity index (χ1) is 4.34. The summed E-state index contributed by atoms with van der Waals surface area (Å²) < 4.78 is 12.3.